The van der Waals surface area contributed by atoms with Crippen molar-refractivity contribution in [2.45, 2.75) is 102 Å². The second-order valence-electron chi connectivity index (χ2n) is 7.32. The average Bonchev–Trinajstić information content (AvgIpc) is 3.02. The van der Waals surface area contributed by atoms with E-state index in [1.165, 1.54) is 57.8 Å². The number of aliphatic hydroxyl groups is 3. The Morgan fingerprint density at radius 3 is 2.27 bits per heavy atom. The van der Waals surface area contributed by atoms with E-state index in [1.807, 2.05) is 0 Å². The van der Waals surface area contributed by atoms with E-state index in [1.54, 1.807) is 0 Å². The number of allylic oxidation sites excluding steroid dienone is 2. The van der Waals surface area contributed by atoms with Crippen LogP contribution in [-0.4, -0.2) is 59.6 Å². The zero-order valence-corrected chi connectivity index (χ0v) is 16.5. The van der Waals surface area contributed by atoms with Crippen LogP contribution in [0.15, 0.2) is 12.2 Å². The normalized spacial score (nSPS) is 24.5. The molecule has 0 aliphatic carbocycles. The Balaban J connectivity index is 1.89. The maximum Gasteiger partial charge on any atom is 0.114 e. The first kappa shape index (κ1) is 23.6. The van der Waals surface area contributed by atoms with Crippen LogP contribution in [0.5, 0.6) is 0 Å². The lowest BCUT2D eigenvalue weighted by Gasteiger charge is -2.20. The van der Waals surface area contributed by atoms with E-state index in [0.717, 1.165) is 12.8 Å². The summed E-state index contributed by atoms with van der Waals surface area (Å²) in [4.78, 5) is 0. The topological polar surface area (TPSA) is 79.2 Å². The van der Waals surface area contributed by atoms with Gasteiger partial charge in [0.15, 0.2) is 0 Å². The van der Waals surface area contributed by atoms with Gasteiger partial charge in [-0.05, 0) is 32.1 Å². The minimum atomic E-state index is -1.05. The van der Waals surface area contributed by atoms with Crippen LogP contribution in [0.25, 0.3) is 0 Å². The molecule has 5 heteroatoms. The molecule has 4 atom stereocenters. The van der Waals surface area contributed by atoms with Crippen molar-refractivity contribution in [1.82, 2.24) is 0 Å². The second kappa shape index (κ2) is 15.6. The molecule has 1 aliphatic heterocycles. The first-order valence-electron chi connectivity index (χ1n) is 10.6. The minimum Gasteiger partial charge on any atom is -0.394 e. The van der Waals surface area contributed by atoms with E-state index in [2.05, 4.69) is 19.1 Å². The predicted octanol–water partition coefficient (Wildman–Crippen LogP) is 3.35. The van der Waals surface area contributed by atoms with E-state index in [-0.39, 0.29) is 6.61 Å². The molecule has 0 aromatic carbocycles. The Morgan fingerprint density at radius 1 is 1.00 bits per heavy atom. The maximum absolute atomic E-state index is 10.0. The van der Waals surface area contributed by atoms with Crippen molar-refractivity contribution < 1.29 is 24.8 Å². The van der Waals surface area contributed by atoms with Crippen molar-refractivity contribution in [3.63, 3.8) is 0 Å². The molecule has 0 amide bonds. The first-order valence-corrected chi connectivity index (χ1v) is 10.6. The number of ether oxygens (including phenoxy) is 2. The SMILES string of the molecule is CCCCCC/C=C/CCCCCCCO[C@H]1CO[C@@H]([C@H](O)CO)[C@H]1O. The maximum atomic E-state index is 10.0. The zero-order chi connectivity index (χ0) is 19.0. The van der Waals surface area contributed by atoms with Gasteiger partial charge in [0.05, 0.1) is 13.2 Å². The highest BCUT2D eigenvalue weighted by atomic mass is 16.6. The lowest BCUT2D eigenvalue weighted by molar-refractivity contribution is -0.0730. The molecule has 0 bridgehead atoms. The van der Waals surface area contributed by atoms with Gasteiger partial charge in [-0.1, -0.05) is 57.6 Å². The summed E-state index contributed by atoms with van der Waals surface area (Å²) in [5.41, 5.74) is 0. The van der Waals surface area contributed by atoms with Gasteiger partial charge in [0.25, 0.3) is 0 Å². The molecule has 0 radical (unpaired) electrons. The lowest BCUT2D eigenvalue weighted by Crippen LogP contribution is -2.41. The molecule has 1 aliphatic rings. The highest BCUT2D eigenvalue weighted by molar-refractivity contribution is 4.88. The summed E-state index contributed by atoms with van der Waals surface area (Å²) in [6.45, 7) is 2.70. The molecule has 3 N–H and O–H groups in total. The summed E-state index contributed by atoms with van der Waals surface area (Å²) in [6.07, 6.45) is 15.2. The van der Waals surface area contributed by atoms with Crippen LogP contribution >= 0.6 is 0 Å². The van der Waals surface area contributed by atoms with Crippen LogP contribution in [-0.2, 0) is 9.47 Å². The molecule has 0 spiro atoms. The smallest absolute Gasteiger partial charge is 0.114 e. The van der Waals surface area contributed by atoms with Gasteiger partial charge in [0, 0.05) is 6.61 Å². The summed E-state index contributed by atoms with van der Waals surface area (Å²) in [6, 6.07) is 0. The molecule has 0 aromatic rings. The Kier molecular flexibility index (Phi) is 14.1. The van der Waals surface area contributed by atoms with Crippen LogP contribution in [0.1, 0.15) is 77.6 Å². The number of aliphatic hydroxyl groups excluding tert-OH is 3. The summed E-state index contributed by atoms with van der Waals surface area (Å²) in [7, 11) is 0. The molecule has 5 nitrogen and oxygen atoms in total. The quantitative estimate of drug-likeness (QED) is 0.286. The number of rotatable bonds is 16. The molecule has 0 saturated carbocycles. The number of hydrogen-bond donors (Lipinski definition) is 3. The third-order valence-corrected chi connectivity index (χ3v) is 4.97. The van der Waals surface area contributed by atoms with Gasteiger partial charge in [-0.15, -0.1) is 0 Å². The molecule has 0 aromatic heterocycles. The fourth-order valence-electron chi connectivity index (χ4n) is 3.26. The molecular formula is C21H40O5. The molecule has 26 heavy (non-hydrogen) atoms. The third-order valence-electron chi connectivity index (χ3n) is 4.97. The van der Waals surface area contributed by atoms with Crippen molar-refractivity contribution in [1.29, 1.82) is 0 Å². The zero-order valence-electron chi connectivity index (χ0n) is 16.5. The van der Waals surface area contributed by atoms with E-state index >= 15 is 0 Å². The fraction of sp³-hybridized carbons (Fsp3) is 0.905. The average molecular weight is 373 g/mol. The Hall–Kier alpha value is -0.460. The van der Waals surface area contributed by atoms with Gasteiger partial charge in [-0.25, -0.2) is 0 Å². The summed E-state index contributed by atoms with van der Waals surface area (Å²) >= 11 is 0. The summed E-state index contributed by atoms with van der Waals surface area (Å²) < 4.78 is 11.0. The Morgan fingerprint density at radius 2 is 1.62 bits per heavy atom. The lowest BCUT2D eigenvalue weighted by atomic mass is 10.1. The van der Waals surface area contributed by atoms with Crippen LogP contribution in [0.4, 0.5) is 0 Å². The second-order valence-corrected chi connectivity index (χ2v) is 7.32. The van der Waals surface area contributed by atoms with Gasteiger partial charge in [-0.3, -0.25) is 0 Å². The van der Waals surface area contributed by atoms with Gasteiger partial charge >= 0.3 is 0 Å². The first-order chi connectivity index (χ1) is 12.7. The van der Waals surface area contributed by atoms with Crippen LogP contribution in [0.3, 0.4) is 0 Å². The van der Waals surface area contributed by atoms with Crippen LogP contribution in [0, 0.1) is 0 Å². The van der Waals surface area contributed by atoms with E-state index in [4.69, 9.17) is 14.6 Å². The monoisotopic (exact) mass is 372 g/mol. The van der Waals surface area contributed by atoms with Crippen LogP contribution < -0.4 is 0 Å². The van der Waals surface area contributed by atoms with Gasteiger partial charge in [0.2, 0.25) is 0 Å². The number of hydrogen-bond acceptors (Lipinski definition) is 5. The van der Waals surface area contributed by atoms with E-state index in [9.17, 15) is 10.2 Å². The summed E-state index contributed by atoms with van der Waals surface area (Å²) in [5.74, 6) is 0. The highest BCUT2D eigenvalue weighted by Crippen LogP contribution is 2.20. The van der Waals surface area contributed by atoms with Crippen molar-refractivity contribution in [2.24, 2.45) is 0 Å². The fourth-order valence-corrected chi connectivity index (χ4v) is 3.26. The highest BCUT2D eigenvalue weighted by Gasteiger charge is 2.40. The standard InChI is InChI=1S/C21H40O5/c1-2-3-4-5-6-7-8-9-10-11-12-13-14-15-25-19-17-26-21(20(19)24)18(23)16-22/h7-8,18-24H,2-6,9-17H2,1H3/b8-7+/t18-,19+,20+,21+/m1/s1. The van der Waals surface area contributed by atoms with E-state index in [0.29, 0.717) is 6.61 Å². The minimum absolute atomic E-state index is 0.272. The third kappa shape index (κ3) is 10.0. The Bertz CT molecular complexity index is 347. The molecule has 154 valence electrons. The predicted molar refractivity (Wildman–Crippen MR) is 104 cm³/mol. The molecule has 1 saturated heterocycles. The van der Waals surface area contributed by atoms with Crippen molar-refractivity contribution >= 4 is 0 Å². The van der Waals surface area contributed by atoms with Crippen LogP contribution in [0.2, 0.25) is 0 Å². The summed E-state index contributed by atoms with van der Waals surface area (Å²) in [5, 5.41) is 28.5. The molecule has 1 fully saturated rings. The van der Waals surface area contributed by atoms with Crippen molar-refractivity contribution in [2.75, 3.05) is 19.8 Å². The van der Waals surface area contributed by atoms with Crippen molar-refractivity contribution in [3.05, 3.63) is 12.2 Å². The number of unbranched alkanes of at least 4 members (excludes halogenated alkanes) is 9. The van der Waals surface area contributed by atoms with Gasteiger partial charge in [-0.2, -0.15) is 0 Å². The van der Waals surface area contributed by atoms with Gasteiger partial charge in [0.1, 0.15) is 24.4 Å². The molecule has 1 heterocycles. The van der Waals surface area contributed by atoms with Crippen molar-refractivity contribution in [3.8, 4) is 0 Å². The molecule has 0 unspecified atom stereocenters. The van der Waals surface area contributed by atoms with E-state index < -0.39 is 31.0 Å². The largest absolute Gasteiger partial charge is 0.394 e. The van der Waals surface area contributed by atoms with Gasteiger partial charge < -0.3 is 24.8 Å². The molecule has 1 rings (SSSR count). The Labute approximate surface area is 159 Å². The molecular weight excluding hydrogens is 332 g/mol.